The maximum absolute atomic E-state index is 9.46. The summed E-state index contributed by atoms with van der Waals surface area (Å²) in [6.07, 6.45) is 1.90. The molecule has 0 radical (unpaired) electrons. The lowest BCUT2D eigenvalue weighted by Crippen LogP contribution is -2.47. The molecule has 27 heavy (non-hydrogen) atoms. The minimum Gasteiger partial charge on any atom is -0.370 e. The van der Waals surface area contributed by atoms with E-state index >= 15 is 0 Å². The van der Waals surface area contributed by atoms with Gasteiger partial charge in [0.2, 0.25) is 0 Å². The summed E-state index contributed by atoms with van der Waals surface area (Å²) in [7, 11) is 1.90. The first kappa shape index (κ1) is 17.4. The molecule has 136 valence electrons. The van der Waals surface area contributed by atoms with E-state index in [1.807, 2.05) is 30.1 Å². The Kier molecular flexibility index (Phi) is 3.85. The lowest BCUT2D eigenvalue weighted by atomic mass is 9.73. The summed E-state index contributed by atoms with van der Waals surface area (Å²) < 4.78 is 0. The zero-order valence-electron chi connectivity index (χ0n) is 15.8. The first-order valence-electron chi connectivity index (χ1n) is 9.26. The van der Waals surface area contributed by atoms with Gasteiger partial charge in [-0.1, -0.05) is 61.2 Å². The van der Waals surface area contributed by atoms with Gasteiger partial charge < -0.3 is 10.6 Å². The van der Waals surface area contributed by atoms with Crippen LogP contribution in [0, 0.1) is 11.3 Å². The van der Waals surface area contributed by atoms with Crippen LogP contribution >= 0.6 is 0 Å². The second kappa shape index (κ2) is 5.99. The van der Waals surface area contributed by atoms with Crippen LogP contribution in [0.15, 0.2) is 71.9 Å². The smallest absolute Gasteiger partial charge is 0.196 e. The third-order valence-corrected chi connectivity index (χ3v) is 6.14. The molecule has 1 aliphatic heterocycles. The second-order valence-corrected chi connectivity index (χ2v) is 7.78. The summed E-state index contributed by atoms with van der Waals surface area (Å²) in [5, 5.41) is 9.46. The first-order chi connectivity index (χ1) is 12.9. The van der Waals surface area contributed by atoms with Gasteiger partial charge in [0.25, 0.3) is 0 Å². The van der Waals surface area contributed by atoms with Crippen molar-refractivity contribution in [2.24, 2.45) is 10.7 Å². The van der Waals surface area contributed by atoms with Crippen molar-refractivity contribution in [3.63, 3.8) is 0 Å². The Bertz CT molecular complexity index is 948. The number of rotatable bonds is 3. The number of likely N-dealkylation sites (N-methyl/N-ethyl adjacent to an activating group) is 1. The number of hydrogen-bond donors (Lipinski definition) is 1. The fourth-order valence-corrected chi connectivity index (χ4v) is 4.15. The summed E-state index contributed by atoms with van der Waals surface area (Å²) in [5.74, 6) is 0.434. The fraction of sp³-hybridized carbons (Fsp3) is 0.304. The SMILES string of the molecule is C=C1[C@@H](c2ccc(C3(C#N)CC3)cc2)[C@@](C)(c2ccccc2)N=C(N)N1C. The molecule has 2 aromatic carbocycles. The summed E-state index contributed by atoms with van der Waals surface area (Å²) >= 11 is 0. The second-order valence-electron chi connectivity index (χ2n) is 7.78. The fourth-order valence-electron chi connectivity index (χ4n) is 4.15. The molecule has 1 aliphatic carbocycles. The number of benzene rings is 2. The van der Waals surface area contributed by atoms with Crippen LogP contribution < -0.4 is 5.73 Å². The van der Waals surface area contributed by atoms with Crippen molar-refractivity contribution < 1.29 is 0 Å². The van der Waals surface area contributed by atoms with E-state index in [2.05, 4.69) is 56.0 Å². The molecular formula is C23H24N4. The summed E-state index contributed by atoms with van der Waals surface area (Å²) in [6.45, 7) is 6.45. The molecule has 2 aromatic rings. The molecule has 1 fully saturated rings. The van der Waals surface area contributed by atoms with Gasteiger partial charge in [0.1, 0.15) is 0 Å². The Morgan fingerprint density at radius 1 is 1.11 bits per heavy atom. The minimum atomic E-state index is -0.539. The lowest BCUT2D eigenvalue weighted by Gasteiger charge is -2.44. The first-order valence-corrected chi connectivity index (χ1v) is 9.26. The lowest BCUT2D eigenvalue weighted by molar-refractivity contribution is 0.350. The van der Waals surface area contributed by atoms with Gasteiger partial charge in [-0.2, -0.15) is 5.26 Å². The number of nitriles is 1. The number of aliphatic imine (C=N–C) groups is 1. The van der Waals surface area contributed by atoms with Gasteiger partial charge in [-0.25, -0.2) is 4.99 Å². The van der Waals surface area contributed by atoms with Gasteiger partial charge in [0, 0.05) is 12.7 Å². The standard InChI is InChI=1S/C23H24N4/c1-16-20(17-9-11-19(12-10-17)23(15-24)13-14-23)22(2,26-21(25)27(16)3)18-7-5-4-6-8-18/h4-12,20H,1,13-14H2,2-3H3,(H2,25,26)/t20-,22+/m0/s1. The van der Waals surface area contributed by atoms with E-state index in [0.717, 1.165) is 35.2 Å². The van der Waals surface area contributed by atoms with Crippen molar-refractivity contribution in [2.75, 3.05) is 7.05 Å². The molecule has 1 heterocycles. The topological polar surface area (TPSA) is 65.4 Å². The van der Waals surface area contributed by atoms with Crippen LogP contribution in [0.4, 0.5) is 0 Å². The van der Waals surface area contributed by atoms with Gasteiger partial charge in [0.05, 0.1) is 22.9 Å². The molecule has 0 saturated heterocycles. The number of guanidine groups is 1. The van der Waals surface area contributed by atoms with E-state index in [0.29, 0.717) is 5.96 Å². The van der Waals surface area contributed by atoms with Crippen molar-refractivity contribution >= 4 is 5.96 Å². The molecule has 4 heteroatoms. The van der Waals surface area contributed by atoms with Crippen molar-refractivity contribution in [3.05, 3.63) is 83.6 Å². The van der Waals surface area contributed by atoms with Gasteiger partial charge in [-0.3, -0.25) is 0 Å². The van der Waals surface area contributed by atoms with Crippen molar-refractivity contribution in [3.8, 4) is 6.07 Å². The molecule has 0 aromatic heterocycles. The summed E-state index contributed by atoms with van der Waals surface area (Å²) in [5.41, 5.74) is 9.66. The third-order valence-electron chi connectivity index (χ3n) is 6.14. The van der Waals surface area contributed by atoms with Crippen LogP contribution in [0.2, 0.25) is 0 Å². The maximum atomic E-state index is 9.46. The minimum absolute atomic E-state index is 0.0384. The van der Waals surface area contributed by atoms with Crippen molar-refractivity contribution in [2.45, 2.75) is 36.6 Å². The Balaban J connectivity index is 1.81. The molecule has 0 amide bonds. The van der Waals surface area contributed by atoms with Gasteiger partial charge in [0.15, 0.2) is 5.96 Å². The molecule has 2 atom stereocenters. The number of hydrogen-bond acceptors (Lipinski definition) is 4. The van der Waals surface area contributed by atoms with Gasteiger partial charge in [-0.05, 0) is 36.5 Å². The number of nitrogens with two attached hydrogens (primary N) is 1. The third kappa shape index (κ3) is 2.62. The highest BCUT2D eigenvalue weighted by Gasteiger charge is 2.46. The molecule has 4 nitrogen and oxygen atoms in total. The van der Waals surface area contributed by atoms with E-state index in [1.54, 1.807) is 0 Å². The molecule has 0 unspecified atom stereocenters. The highest BCUT2D eigenvalue weighted by atomic mass is 15.3. The Morgan fingerprint density at radius 3 is 2.30 bits per heavy atom. The van der Waals surface area contributed by atoms with E-state index < -0.39 is 5.54 Å². The van der Waals surface area contributed by atoms with Crippen LogP contribution in [0.5, 0.6) is 0 Å². The Hall–Kier alpha value is -3.06. The predicted molar refractivity (Wildman–Crippen MR) is 108 cm³/mol. The molecular weight excluding hydrogens is 332 g/mol. The highest BCUT2D eigenvalue weighted by Crippen LogP contribution is 2.50. The molecule has 4 rings (SSSR count). The zero-order valence-corrected chi connectivity index (χ0v) is 15.8. The molecule has 1 saturated carbocycles. The average Bonchev–Trinajstić information content (AvgIpc) is 3.49. The molecule has 0 spiro atoms. The highest BCUT2D eigenvalue weighted by molar-refractivity contribution is 5.82. The Labute approximate surface area is 160 Å². The van der Waals surface area contributed by atoms with Gasteiger partial charge in [-0.15, -0.1) is 0 Å². The van der Waals surface area contributed by atoms with Crippen LogP contribution in [-0.2, 0) is 11.0 Å². The quantitative estimate of drug-likeness (QED) is 0.903. The van der Waals surface area contributed by atoms with Crippen molar-refractivity contribution in [1.29, 1.82) is 5.26 Å². The van der Waals surface area contributed by atoms with Gasteiger partial charge >= 0.3 is 0 Å². The molecule has 2 N–H and O–H groups in total. The monoisotopic (exact) mass is 356 g/mol. The van der Waals surface area contributed by atoms with E-state index in [4.69, 9.17) is 10.7 Å². The van der Waals surface area contributed by atoms with E-state index in [9.17, 15) is 5.26 Å². The predicted octanol–water partition coefficient (Wildman–Crippen LogP) is 4.01. The van der Waals surface area contributed by atoms with E-state index in [-0.39, 0.29) is 11.3 Å². The number of nitrogens with zero attached hydrogens (tertiary/aromatic N) is 3. The summed E-state index contributed by atoms with van der Waals surface area (Å²) in [6, 6.07) is 21.1. The summed E-state index contributed by atoms with van der Waals surface area (Å²) in [4.78, 5) is 6.74. The maximum Gasteiger partial charge on any atom is 0.196 e. The molecule has 0 bridgehead atoms. The van der Waals surface area contributed by atoms with Crippen LogP contribution in [-0.4, -0.2) is 17.9 Å². The van der Waals surface area contributed by atoms with Crippen molar-refractivity contribution in [1.82, 2.24) is 4.90 Å². The molecule has 2 aliphatic rings. The average molecular weight is 356 g/mol. The van der Waals surface area contributed by atoms with E-state index in [1.165, 1.54) is 0 Å². The largest absolute Gasteiger partial charge is 0.370 e. The van der Waals surface area contributed by atoms with Crippen LogP contribution in [0.1, 0.15) is 42.4 Å². The Morgan fingerprint density at radius 2 is 1.74 bits per heavy atom. The van der Waals surface area contributed by atoms with Crippen LogP contribution in [0.3, 0.4) is 0 Å². The van der Waals surface area contributed by atoms with Crippen LogP contribution in [0.25, 0.3) is 0 Å². The normalized spacial score (nSPS) is 26.3. The zero-order chi connectivity index (χ0) is 19.2.